The highest BCUT2D eigenvalue weighted by Gasteiger charge is 2.14. The van der Waals surface area contributed by atoms with Gasteiger partial charge in [0.2, 0.25) is 11.8 Å². The van der Waals surface area contributed by atoms with E-state index in [0.717, 1.165) is 22.5 Å². The summed E-state index contributed by atoms with van der Waals surface area (Å²) in [5.74, 6) is -0.311. The van der Waals surface area contributed by atoms with Crippen molar-refractivity contribution in [1.82, 2.24) is 9.88 Å². The van der Waals surface area contributed by atoms with Gasteiger partial charge in [-0.3, -0.25) is 14.4 Å². The molecule has 7 nitrogen and oxygen atoms in total. The Kier molecular flexibility index (Phi) is 7.90. The fourth-order valence-corrected chi connectivity index (χ4v) is 3.68. The van der Waals surface area contributed by atoms with Crippen molar-refractivity contribution in [3.8, 4) is 0 Å². The minimum Gasteiger partial charge on any atom is -0.361 e. The molecule has 0 aliphatic rings. The van der Waals surface area contributed by atoms with Crippen LogP contribution < -0.4 is 10.6 Å². The topological polar surface area (TPSA) is 91.4 Å². The second-order valence-electron chi connectivity index (χ2n) is 7.14. The molecule has 0 aliphatic carbocycles. The maximum absolute atomic E-state index is 12.3. The first-order valence-corrected chi connectivity index (χ1v) is 10.3. The standard InChI is InChI=1S/C21H28N4O3S/c1-13-8-9-14(2)17(11-13)24-18(27)12-25(5)19(28)7-6-10-22-21-23-15(3)20(29-21)16(4)26/h8-9,11H,6-7,10,12H2,1-5H3,(H,22,23)(H,24,27). The summed E-state index contributed by atoms with van der Waals surface area (Å²) >= 11 is 1.32. The van der Waals surface area contributed by atoms with Crippen LogP contribution in [-0.4, -0.2) is 47.6 Å². The summed E-state index contributed by atoms with van der Waals surface area (Å²) in [6, 6.07) is 5.86. The number of benzene rings is 1. The number of amides is 2. The van der Waals surface area contributed by atoms with Crippen LogP contribution in [0.1, 0.15) is 46.3 Å². The Morgan fingerprint density at radius 2 is 1.90 bits per heavy atom. The SMILES string of the molecule is CC(=O)c1sc(NCCCC(=O)N(C)CC(=O)Nc2cc(C)ccc2C)nc1C. The number of aromatic nitrogens is 1. The summed E-state index contributed by atoms with van der Waals surface area (Å²) in [7, 11) is 1.63. The summed E-state index contributed by atoms with van der Waals surface area (Å²) in [5, 5.41) is 6.69. The van der Waals surface area contributed by atoms with E-state index < -0.39 is 0 Å². The molecule has 0 saturated carbocycles. The van der Waals surface area contributed by atoms with Crippen molar-refractivity contribution in [2.45, 2.75) is 40.5 Å². The van der Waals surface area contributed by atoms with Gasteiger partial charge in [-0.25, -0.2) is 4.98 Å². The quantitative estimate of drug-likeness (QED) is 0.482. The molecule has 1 aromatic carbocycles. The first-order valence-electron chi connectivity index (χ1n) is 9.50. The fourth-order valence-electron chi connectivity index (χ4n) is 2.79. The van der Waals surface area contributed by atoms with E-state index in [1.807, 2.05) is 32.0 Å². The lowest BCUT2D eigenvalue weighted by Gasteiger charge is -2.17. The number of ketones is 1. The Labute approximate surface area is 175 Å². The molecule has 2 aromatic rings. The van der Waals surface area contributed by atoms with E-state index in [1.165, 1.54) is 23.2 Å². The maximum Gasteiger partial charge on any atom is 0.243 e. The molecule has 0 unspecified atom stereocenters. The van der Waals surface area contributed by atoms with Gasteiger partial charge in [-0.2, -0.15) is 0 Å². The number of carbonyl (C=O) groups is 3. The van der Waals surface area contributed by atoms with Crippen LogP contribution >= 0.6 is 11.3 Å². The van der Waals surface area contributed by atoms with Crippen molar-refractivity contribution in [2.75, 3.05) is 30.8 Å². The van der Waals surface area contributed by atoms with Crippen LogP contribution in [0.4, 0.5) is 10.8 Å². The highest BCUT2D eigenvalue weighted by Crippen LogP contribution is 2.22. The number of rotatable bonds is 9. The number of nitrogens with one attached hydrogen (secondary N) is 2. The first-order chi connectivity index (χ1) is 13.7. The van der Waals surface area contributed by atoms with Crippen molar-refractivity contribution in [3.63, 3.8) is 0 Å². The van der Waals surface area contributed by atoms with Crippen LogP contribution in [0.5, 0.6) is 0 Å². The average Bonchev–Trinajstić information content (AvgIpc) is 3.02. The summed E-state index contributed by atoms with van der Waals surface area (Å²) < 4.78 is 0. The molecular formula is C21H28N4O3S. The second-order valence-corrected chi connectivity index (χ2v) is 8.14. The predicted octanol–water partition coefficient (Wildman–Crippen LogP) is 3.56. The van der Waals surface area contributed by atoms with Crippen LogP contribution in [0, 0.1) is 20.8 Å². The number of thiazole rings is 1. The molecule has 0 aliphatic heterocycles. The van der Waals surface area contributed by atoms with Gasteiger partial charge < -0.3 is 15.5 Å². The number of anilines is 2. The minimum atomic E-state index is -0.220. The number of Topliss-reactive ketones (excluding diaryl/α,β-unsaturated/α-hetero) is 1. The molecule has 0 atom stereocenters. The zero-order valence-corrected chi connectivity index (χ0v) is 18.4. The Balaban J connectivity index is 1.74. The highest BCUT2D eigenvalue weighted by atomic mass is 32.1. The molecule has 0 fully saturated rings. The van der Waals surface area contributed by atoms with Gasteiger partial charge >= 0.3 is 0 Å². The van der Waals surface area contributed by atoms with Gasteiger partial charge in [-0.1, -0.05) is 23.5 Å². The normalized spacial score (nSPS) is 10.5. The molecule has 8 heteroatoms. The molecule has 0 saturated heterocycles. The van der Waals surface area contributed by atoms with Crippen LogP contribution in [-0.2, 0) is 9.59 Å². The number of nitrogens with zero attached hydrogens (tertiary/aromatic N) is 2. The molecule has 156 valence electrons. The van der Waals surface area contributed by atoms with E-state index in [9.17, 15) is 14.4 Å². The molecule has 0 spiro atoms. The van der Waals surface area contributed by atoms with Crippen molar-refractivity contribution in [1.29, 1.82) is 0 Å². The molecule has 2 amide bonds. The van der Waals surface area contributed by atoms with E-state index >= 15 is 0 Å². The summed E-state index contributed by atoms with van der Waals surface area (Å²) in [6.07, 6.45) is 0.931. The molecule has 0 bridgehead atoms. The van der Waals surface area contributed by atoms with Gasteiger partial charge in [0.25, 0.3) is 0 Å². The number of hydrogen-bond acceptors (Lipinski definition) is 6. The van der Waals surface area contributed by atoms with Gasteiger partial charge in [-0.15, -0.1) is 0 Å². The van der Waals surface area contributed by atoms with Crippen molar-refractivity contribution in [3.05, 3.63) is 39.9 Å². The summed E-state index contributed by atoms with van der Waals surface area (Å²) in [4.78, 5) is 42.4. The van der Waals surface area contributed by atoms with E-state index in [-0.39, 0.29) is 24.1 Å². The lowest BCUT2D eigenvalue weighted by atomic mass is 10.1. The number of carbonyl (C=O) groups excluding carboxylic acids is 3. The molecule has 1 aromatic heterocycles. The van der Waals surface area contributed by atoms with Crippen molar-refractivity contribution >= 4 is 39.8 Å². The van der Waals surface area contributed by atoms with E-state index in [1.54, 1.807) is 14.0 Å². The highest BCUT2D eigenvalue weighted by molar-refractivity contribution is 7.17. The Bertz CT molecular complexity index is 907. The second kappa shape index (κ2) is 10.2. The maximum atomic E-state index is 12.3. The number of likely N-dealkylation sites (N-methyl/N-ethyl adjacent to an activating group) is 1. The number of hydrogen-bond donors (Lipinski definition) is 2. The smallest absolute Gasteiger partial charge is 0.243 e. The molecular weight excluding hydrogens is 388 g/mol. The first kappa shape index (κ1) is 22.5. The third kappa shape index (κ3) is 6.67. The van der Waals surface area contributed by atoms with Crippen LogP contribution in [0.2, 0.25) is 0 Å². The van der Waals surface area contributed by atoms with Gasteiger partial charge in [0, 0.05) is 32.6 Å². The van der Waals surface area contributed by atoms with Gasteiger partial charge in [0.05, 0.1) is 17.1 Å². The van der Waals surface area contributed by atoms with Crippen LogP contribution in [0.25, 0.3) is 0 Å². The van der Waals surface area contributed by atoms with Gasteiger partial charge in [0.15, 0.2) is 10.9 Å². The monoisotopic (exact) mass is 416 g/mol. The van der Waals surface area contributed by atoms with Crippen molar-refractivity contribution < 1.29 is 14.4 Å². The van der Waals surface area contributed by atoms with Gasteiger partial charge in [-0.05, 0) is 44.4 Å². The lowest BCUT2D eigenvalue weighted by Crippen LogP contribution is -2.35. The van der Waals surface area contributed by atoms with E-state index in [2.05, 4.69) is 15.6 Å². The minimum absolute atomic E-state index is 0.00369. The Hall–Kier alpha value is -2.74. The zero-order valence-electron chi connectivity index (χ0n) is 17.6. The fraction of sp³-hybridized carbons (Fsp3) is 0.429. The molecule has 29 heavy (non-hydrogen) atoms. The summed E-state index contributed by atoms with van der Waals surface area (Å²) in [5.41, 5.74) is 3.53. The number of aryl methyl sites for hydroxylation is 3. The summed E-state index contributed by atoms with van der Waals surface area (Å²) in [6.45, 7) is 7.80. The van der Waals surface area contributed by atoms with Crippen molar-refractivity contribution in [2.24, 2.45) is 0 Å². The lowest BCUT2D eigenvalue weighted by molar-refractivity contribution is -0.133. The molecule has 1 heterocycles. The molecule has 2 N–H and O–H groups in total. The van der Waals surface area contributed by atoms with E-state index in [4.69, 9.17) is 0 Å². The van der Waals surface area contributed by atoms with Gasteiger partial charge in [0.1, 0.15) is 0 Å². The van der Waals surface area contributed by atoms with Crippen LogP contribution in [0.15, 0.2) is 18.2 Å². The van der Waals surface area contributed by atoms with E-state index in [0.29, 0.717) is 29.4 Å². The third-order valence-corrected chi connectivity index (χ3v) is 5.65. The predicted molar refractivity (Wildman–Crippen MR) is 117 cm³/mol. The zero-order chi connectivity index (χ0) is 21.6. The average molecular weight is 417 g/mol. The van der Waals surface area contributed by atoms with Crippen LogP contribution in [0.3, 0.4) is 0 Å². The Morgan fingerprint density at radius 3 is 2.55 bits per heavy atom. The molecule has 0 radical (unpaired) electrons. The largest absolute Gasteiger partial charge is 0.361 e. The Morgan fingerprint density at radius 1 is 1.17 bits per heavy atom. The third-order valence-electron chi connectivity index (χ3n) is 4.43. The molecule has 2 rings (SSSR count).